The van der Waals surface area contributed by atoms with Gasteiger partial charge in [0, 0.05) is 17.9 Å². The minimum Gasteiger partial charge on any atom is -0.462 e. The number of amides is 1. The SMILES string of the molecule is CC1(C)N=C(C(N)=O)c2ncn([C@@H]3C[C@H](COC(=O)c4ccccc4)[C@H]3COC(=O)c3ccccc3)c2N1. The second-order valence-corrected chi connectivity index (χ2v) is 10.0. The highest BCUT2D eigenvalue weighted by Crippen LogP contribution is 2.47. The van der Waals surface area contributed by atoms with Crippen molar-refractivity contribution in [2.24, 2.45) is 22.6 Å². The number of anilines is 1. The Hall–Kier alpha value is -4.47. The van der Waals surface area contributed by atoms with Crippen LogP contribution in [0.3, 0.4) is 0 Å². The molecule has 0 radical (unpaired) electrons. The van der Waals surface area contributed by atoms with Crippen molar-refractivity contribution in [1.82, 2.24) is 9.55 Å². The Morgan fingerprint density at radius 3 is 2.13 bits per heavy atom. The molecule has 3 atom stereocenters. The number of fused-ring (bicyclic) bond motifs is 1. The Bertz CT molecular complexity index is 1380. The molecule has 0 spiro atoms. The van der Waals surface area contributed by atoms with Gasteiger partial charge in [-0.05, 0) is 44.5 Å². The molecule has 2 heterocycles. The van der Waals surface area contributed by atoms with E-state index in [4.69, 9.17) is 15.2 Å². The van der Waals surface area contributed by atoms with Crippen LogP contribution in [-0.4, -0.2) is 52.0 Å². The summed E-state index contributed by atoms with van der Waals surface area (Å²) in [6, 6.07) is 17.5. The number of ether oxygens (including phenoxy) is 2. The quantitative estimate of drug-likeness (QED) is 0.439. The van der Waals surface area contributed by atoms with Crippen molar-refractivity contribution in [3.8, 4) is 0 Å². The first-order valence-electron chi connectivity index (χ1n) is 12.4. The van der Waals surface area contributed by atoms with E-state index in [2.05, 4.69) is 15.3 Å². The first kappa shape index (κ1) is 25.2. The molecule has 0 saturated heterocycles. The van der Waals surface area contributed by atoms with Gasteiger partial charge in [-0.25, -0.2) is 19.6 Å². The first-order valence-corrected chi connectivity index (χ1v) is 12.4. The van der Waals surface area contributed by atoms with Crippen LogP contribution in [0.1, 0.15) is 52.7 Å². The van der Waals surface area contributed by atoms with Gasteiger partial charge in [-0.15, -0.1) is 0 Å². The molecule has 1 aromatic heterocycles. The lowest BCUT2D eigenvalue weighted by molar-refractivity contribution is -0.112. The average molecular weight is 516 g/mol. The van der Waals surface area contributed by atoms with Crippen molar-refractivity contribution < 1.29 is 23.9 Å². The molecule has 1 fully saturated rings. The molecule has 1 aliphatic heterocycles. The van der Waals surface area contributed by atoms with Gasteiger partial charge in [0.1, 0.15) is 17.2 Å². The minimum atomic E-state index is -0.765. The summed E-state index contributed by atoms with van der Waals surface area (Å²) < 4.78 is 13.2. The number of rotatable bonds is 8. The van der Waals surface area contributed by atoms with E-state index in [0.717, 1.165) is 0 Å². The van der Waals surface area contributed by atoms with Crippen LogP contribution in [0.2, 0.25) is 0 Å². The Balaban J connectivity index is 1.36. The number of benzene rings is 2. The number of aromatic nitrogens is 2. The number of imidazole rings is 1. The highest BCUT2D eigenvalue weighted by atomic mass is 16.5. The van der Waals surface area contributed by atoms with Gasteiger partial charge in [0.15, 0.2) is 5.71 Å². The number of aliphatic imine (C=N–C) groups is 1. The Morgan fingerprint density at radius 1 is 0.974 bits per heavy atom. The summed E-state index contributed by atoms with van der Waals surface area (Å²) in [5, 5.41) is 3.33. The van der Waals surface area contributed by atoms with Crippen LogP contribution in [0.5, 0.6) is 0 Å². The number of hydrogen-bond donors (Lipinski definition) is 2. The Labute approximate surface area is 219 Å². The predicted octanol–water partition coefficient (Wildman–Crippen LogP) is 3.21. The summed E-state index contributed by atoms with van der Waals surface area (Å²) in [6.07, 6.45) is 2.30. The number of primary amides is 1. The van der Waals surface area contributed by atoms with Gasteiger partial charge >= 0.3 is 11.9 Å². The monoisotopic (exact) mass is 515 g/mol. The molecule has 38 heavy (non-hydrogen) atoms. The zero-order chi connectivity index (χ0) is 26.9. The fourth-order valence-corrected chi connectivity index (χ4v) is 4.94. The lowest BCUT2D eigenvalue weighted by Crippen LogP contribution is -2.46. The molecule has 3 N–H and O–H groups in total. The van der Waals surface area contributed by atoms with Gasteiger partial charge in [-0.3, -0.25) is 4.79 Å². The highest BCUT2D eigenvalue weighted by molar-refractivity contribution is 6.45. The van der Waals surface area contributed by atoms with Gasteiger partial charge < -0.3 is 25.1 Å². The molecule has 1 aliphatic carbocycles. The van der Waals surface area contributed by atoms with E-state index in [0.29, 0.717) is 29.1 Å². The van der Waals surface area contributed by atoms with Crippen LogP contribution < -0.4 is 11.1 Å². The van der Waals surface area contributed by atoms with Crippen molar-refractivity contribution in [3.05, 3.63) is 83.8 Å². The van der Waals surface area contributed by atoms with E-state index in [9.17, 15) is 14.4 Å². The maximum absolute atomic E-state index is 12.7. The molecule has 1 amide bonds. The molecule has 1 saturated carbocycles. The number of nitrogens with two attached hydrogens (primary N) is 1. The van der Waals surface area contributed by atoms with Crippen molar-refractivity contribution in [2.45, 2.75) is 32.0 Å². The lowest BCUT2D eigenvalue weighted by Gasteiger charge is -2.45. The summed E-state index contributed by atoms with van der Waals surface area (Å²) in [6.45, 7) is 3.98. The van der Waals surface area contributed by atoms with Crippen molar-refractivity contribution in [2.75, 3.05) is 18.5 Å². The van der Waals surface area contributed by atoms with Crippen LogP contribution in [0.15, 0.2) is 72.0 Å². The van der Waals surface area contributed by atoms with Crippen LogP contribution in [0, 0.1) is 11.8 Å². The van der Waals surface area contributed by atoms with Gasteiger partial charge in [-0.1, -0.05) is 36.4 Å². The Morgan fingerprint density at radius 2 is 1.55 bits per heavy atom. The summed E-state index contributed by atoms with van der Waals surface area (Å²) in [4.78, 5) is 46.1. The second-order valence-electron chi connectivity index (χ2n) is 10.0. The van der Waals surface area contributed by atoms with Crippen LogP contribution in [-0.2, 0) is 14.3 Å². The molecule has 2 aliphatic rings. The number of nitrogens with one attached hydrogen (secondary N) is 1. The van der Waals surface area contributed by atoms with E-state index < -0.39 is 23.5 Å². The number of carbonyl (C=O) groups is 3. The topological polar surface area (TPSA) is 138 Å². The van der Waals surface area contributed by atoms with E-state index >= 15 is 0 Å². The van der Waals surface area contributed by atoms with E-state index in [-0.39, 0.29) is 36.8 Å². The fourth-order valence-electron chi connectivity index (χ4n) is 4.94. The molecule has 10 heteroatoms. The smallest absolute Gasteiger partial charge is 0.338 e. The first-order chi connectivity index (χ1) is 18.2. The normalized spacial score (nSPS) is 21.2. The van der Waals surface area contributed by atoms with Gasteiger partial charge in [0.2, 0.25) is 0 Å². The number of esters is 2. The van der Waals surface area contributed by atoms with Gasteiger partial charge in [0.05, 0.1) is 30.7 Å². The summed E-state index contributed by atoms with van der Waals surface area (Å²) in [5.41, 5.74) is 6.25. The third-order valence-electron chi connectivity index (χ3n) is 6.92. The highest BCUT2D eigenvalue weighted by Gasteiger charge is 2.46. The number of hydrogen-bond acceptors (Lipinski definition) is 8. The molecular weight excluding hydrogens is 486 g/mol. The molecule has 3 aromatic rings. The largest absolute Gasteiger partial charge is 0.462 e. The van der Waals surface area contributed by atoms with Crippen molar-refractivity contribution in [1.29, 1.82) is 0 Å². The average Bonchev–Trinajstić information content (AvgIpc) is 3.30. The molecule has 2 aromatic carbocycles. The van der Waals surface area contributed by atoms with Crippen LogP contribution in [0.25, 0.3) is 0 Å². The third kappa shape index (κ3) is 5.02. The van der Waals surface area contributed by atoms with Crippen LogP contribution >= 0.6 is 0 Å². The van der Waals surface area contributed by atoms with Crippen molar-refractivity contribution in [3.63, 3.8) is 0 Å². The van der Waals surface area contributed by atoms with Gasteiger partial charge in [0.25, 0.3) is 5.91 Å². The zero-order valence-electron chi connectivity index (χ0n) is 21.2. The molecule has 10 nitrogen and oxygen atoms in total. The zero-order valence-corrected chi connectivity index (χ0v) is 21.2. The number of nitrogens with zero attached hydrogens (tertiary/aromatic N) is 3. The molecule has 0 bridgehead atoms. The summed E-state index contributed by atoms with van der Waals surface area (Å²) >= 11 is 0. The predicted molar refractivity (Wildman–Crippen MR) is 140 cm³/mol. The molecule has 5 rings (SSSR count). The van der Waals surface area contributed by atoms with Gasteiger partial charge in [-0.2, -0.15) is 0 Å². The standard InChI is InChI=1S/C28H29N5O5/c1-28(2)31-22(24(29)34)23-25(32-28)33(16-30-23)21-13-19(14-37-26(35)17-9-5-3-6-10-17)20(21)15-38-27(36)18-11-7-4-8-12-18/h3-12,16,19-21,32H,13-15H2,1-2H3,(H2,29,34)/t19-,20-,21-/m1/s1. The maximum atomic E-state index is 12.7. The summed E-state index contributed by atoms with van der Waals surface area (Å²) in [5.74, 6) is -1.06. The Kier molecular flexibility index (Phi) is 6.71. The fraction of sp³-hybridized carbons (Fsp3) is 0.321. The summed E-state index contributed by atoms with van der Waals surface area (Å²) in [7, 11) is 0. The molecular formula is C28H29N5O5. The molecule has 196 valence electrons. The third-order valence-corrected chi connectivity index (χ3v) is 6.92. The lowest BCUT2D eigenvalue weighted by atomic mass is 9.69. The van der Waals surface area contributed by atoms with E-state index in [1.165, 1.54) is 0 Å². The second kappa shape index (κ2) is 10.1. The maximum Gasteiger partial charge on any atom is 0.338 e. The minimum absolute atomic E-state index is 0.0461. The number of carbonyl (C=O) groups excluding carboxylic acids is 3. The van der Waals surface area contributed by atoms with E-state index in [1.54, 1.807) is 54.9 Å². The molecule has 0 unspecified atom stereocenters. The van der Waals surface area contributed by atoms with E-state index in [1.807, 2.05) is 30.5 Å². The van der Waals surface area contributed by atoms with Crippen molar-refractivity contribution >= 4 is 29.4 Å². The van der Waals surface area contributed by atoms with Crippen LogP contribution in [0.4, 0.5) is 5.82 Å².